The van der Waals surface area contributed by atoms with E-state index in [4.69, 9.17) is 5.73 Å². The summed E-state index contributed by atoms with van der Waals surface area (Å²) in [4.78, 5) is 24.3. The predicted octanol–water partition coefficient (Wildman–Crippen LogP) is 2.10. The first-order chi connectivity index (χ1) is 9.66. The maximum Gasteiger partial charge on any atom is 0.249 e. The van der Waals surface area contributed by atoms with Gasteiger partial charge in [-0.05, 0) is 31.2 Å². The number of nitrogens with two attached hydrogens (primary N) is 1. The Morgan fingerprint density at radius 3 is 2.80 bits per heavy atom. The standard InChI is InChI=1S/C15H12N4O/c1-9-13(12(14(16)20)4-6-17-9)11-7-10-3-2-5-18-15(10)19-8-11/h2-8H,1H3,(H2,16,20). The van der Waals surface area contributed by atoms with E-state index in [0.717, 1.165) is 22.2 Å². The van der Waals surface area contributed by atoms with Crippen molar-refractivity contribution in [3.8, 4) is 11.1 Å². The molecule has 0 bridgehead atoms. The second-order valence-electron chi connectivity index (χ2n) is 4.46. The molecule has 3 rings (SSSR count). The van der Waals surface area contributed by atoms with Gasteiger partial charge in [0.1, 0.15) is 0 Å². The number of aryl methyl sites for hydroxylation is 1. The Kier molecular flexibility index (Phi) is 2.87. The summed E-state index contributed by atoms with van der Waals surface area (Å²) < 4.78 is 0. The van der Waals surface area contributed by atoms with Gasteiger partial charge in [-0.2, -0.15) is 0 Å². The average Bonchev–Trinajstić information content (AvgIpc) is 2.46. The molecule has 0 aliphatic heterocycles. The third kappa shape index (κ3) is 1.99. The van der Waals surface area contributed by atoms with E-state index in [2.05, 4.69) is 15.0 Å². The summed E-state index contributed by atoms with van der Waals surface area (Å²) in [7, 11) is 0. The molecular weight excluding hydrogens is 252 g/mol. The number of rotatable bonds is 2. The number of aromatic nitrogens is 3. The summed E-state index contributed by atoms with van der Waals surface area (Å²) in [5, 5.41) is 0.906. The number of primary amides is 1. The fraction of sp³-hybridized carbons (Fsp3) is 0.0667. The second-order valence-corrected chi connectivity index (χ2v) is 4.46. The van der Waals surface area contributed by atoms with Crippen LogP contribution < -0.4 is 5.73 Å². The van der Waals surface area contributed by atoms with E-state index in [0.29, 0.717) is 11.2 Å². The number of carbonyl (C=O) groups is 1. The quantitative estimate of drug-likeness (QED) is 0.768. The van der Waals surface area contributed by atoms with Crippen LogP contribution in [0.2, 0.25) is 0 Å². The zero-order valence-electron chi connectivity index (χ0n) is 10.9. The molecule has 0 radical (unpaired) electrons. The maximum atomic E-state index is 11.6. The Labute approximate surface area is 115 Å². The number of fused-ring (bicyclic) bond motifs is 1. The fourth-order valence-corrected chi connectivity index (χ4v) is 2.24. The number of hydrogen-bond donors (Lipinski definition) is 1. The van der Waals surface area contributed by atoms with E-state index in [1.165, 1.54) is 0 Å². The van der Waals surface area contributed by atoms with E-state index < -0.39 is 5.91 Å². The molecule has 3 heterocycles. The van der Waals surface area contributed by atoms with E-state index in [1.807, 2.05) is 25.1 Å². The minimum Gasteiger partial charge on any atom is -0.366 e. The smallest absolute Gasteiger partial charge is 0.249 e. The van der Waals surface area contributed by atoms with Gasteiger partial charge in [0.25, 0.3) is 0 Å². The molecule has 3 aromatic heterocycles. The molecule has 3 aromatic rings. The predicted molar refractivity (Wildman–Crippen MR) is 76.0 cm³/mol. The van der Waals surface area contributed by atoms with Gasteiger partial charge in [0, 0.05) is 40.8 Å². The van der Waals surface area contributed by atoms with Crippen LogP contribution in [-0.2, 0) is 0 Å². The molecule has 0 atom stereocenters. The Morgan fingerprint density at radius 2 is 2.00 bits per heavy atom. The first kappa shape index (κ1) is 12.2. The monoisotopic (exact) mass is 264 g/mol. The van der Waals surface area contributed by atoms with Crippen molar-refractivity contribution in [2.24, 2.45) is 5.73 Å². The van der Waals surface area contributed by atoms with Gasteiger partial charge in [-0.15, -0.1) is 0 Å². The van der Waals surface area contributed by atoms with Crippen LogP contribution in [-0.4, -0.2) is 20.9 Å². The number of amides is 1. The highest BCUT2D eigenvalue weighted by molar-refractivity contribution is 6.00. The van der Waals surface area contributed by atoms with Gasteiger partial charge in [-0.1, -0.05) is 0 Å². The largest absolute Gasteiger partial charge is 0.366 e. The molecule has 0 aliphatic carbocycles. The van der Waals surface area contributed by atoms with Crippen molar-refractivity contribution >= 4 is 16.9 Å². The lowest BCUT2D eigenvalue weighted by molar-refractivity contribution is 0.100. The Morgan fingerprint density at radius 1 is 1.15 bits per heavy atom. The van der Waals surface area contributed by atoms with Crippen LogP contribution in [0, 0.1) is 6.92 Å². The van der Waals surface area contributed by atoms with E-state index >= 15 is 0 Å². The summed E-state index contributed by atoms with van der Waals surface area (Å²) in [6.45, 7) is 1.84. The van der Waals surface area contributed by atoms with Crippen LogP contribution in [0.25, 0.3) is 22.2 Å². The van der Waals surface area contributed by atoms with E-state index in [1.54, 1.807) is 24.7 Å². The molecule has 0 unspecified atom stereocenters. The SMILES string of the molecule is Cc1nccc(C(N)=O)c1-c1cnc2ncccc2c1. The molecule has 20 heavy (non-hydrogen) atoms. The molecule has 5 heteroatoms. The molecule has 0 spiro atoms. The number of hydrogen-bond acceptors (Lipinski definition) is 4. The van der Waals surface area contributed by atoms with Crippen LogP contribution in [0.4, 0.5) is 0 Å². The molecule has 0 saturated heterocycles. The zero-order valence-corrected chi connectivity index (χ0v) is 10.9. The van der Waals surface area contributed by atoms with Crippen LogP contribution in [0.1, 0.15) is 16.1 Å². The molecule has 2 N–H and O–H groups in total. The van der Waals surface area contributed by atoms with Crippen molar-refractivity contribution < 1.29 is 4.79 Å². The molecule has 98 valence electrons. The normalized spacial score (nSPS) is 10.7. The van der Waals surface area contributed by atoms with Crippen LogP contribution in [0.15, 0.2) is 42.9 Å². The zero-order chi connectivity index (χ0) is 14.1. The Bertz CT molecular complexity index is 814. The number of pyridine rings is 3. The lowest BCUT2D eigenvalue weighted by Crippen LogP contribution is -2.13. The van der Waals surface area contributed by atoms with Crippen molar-refractivity contribution in [2.75, 3.05) is 0 Å². The minimum absolute atomic E-state index is 0.447. The van der Waals surface area contributed by atoms with Crippen molar-refractivity contribution in [2.45, 2.75) is 6.92 Å². The first-order valence-corrected chi connectivity index (χ1v) is 6.13. The summed E-state index contributed by atoms with van der Waals surface area (Å²) in [6, 6.07) is 7.33. The third-order valence-electron chi connectivity index (χ3n) is 3.15. The Balaban J connectivity index is 2.28. The van der Waals surface area contributed by atoms with Crippen molar-refractivity contribution in [1.82, 2.24) is 15.0 Å². The highest BCUT2D eigenvalue weighted by Gasteiger charge is 2.14. The van der Waals surface area contributed by atoms with Crippen molar-refractivity contribution in [3.05, 3.63) is 54.1 Å². The molecular formula is C15H12N4O. The topological polar surface area (TPSA) is 81.8 Å². The van der Waals surface area contributed by atoms with Gasteiger partial charge >= 0.3 is 0 Å². The molecule has 0 aromatic carbocycles. The lowest BCUT2D eigenvalue weighted by Gasteiger charge is -2.10. The third-order valence-corrected chi connectivity index (χ3v) is 3.15. The maximum absolute atomic E-state index is 11.6. The van der Waals surface area contributed by atoms with Crippen molar-refractivity contribution in [1.29, 1.82) is 0 Å². The van der Waals surface area contributed by atoms with Crippen LogP contribution >= 0.6 is 0 Å². The highest BCUT2D eigenvalue weighted by atomic mass is 16.1. The van der Waals surface area contributed by atoms with Crippen molar-refractivity contribution in [3.63, 3.8) is 0 Å². The van der Waals surface area contributed by atoms with E-state index in [-0.39, 0.29) is 0 Å². The van der Waals surface area contributed by atoms with Crippen LogP contribution in [0.3, 0.4) is 0 Å². The lowest BCUT2D eigenvalue weighted by atomic mass is 9.99. The molecule has 0 saturated carbocycles. The van der Waals surface area contributed by atoms with Gasteiger partial charge in [0.2, 0.25) is 5.91 Å². The number of carbonyl (C=O) groups excluding carboxylic acids is 1. The van der Waals surface area contributed by atoms with E-state index in [9.17, 15) is 4.79 Å². The summed E-state index contributed by atoms with van der Waals surface area (Å²) in [6.07, 6.45) is 4.96. The minimum atomic E-state index is -0.475. The van der Waals surface area contributed by atoms with Gasteiger partial charge < -0.3 is 5.73 Å². The molecule has 0 fully saturated rings. The molecule has 1 amide bonds. The van der Waals surface area contributed by atoms with Gasteiger partial charge in [-0.25, -0.2) is 9.97 Å². The van der Waals surface area contributed by atoms with Crippen LogP contribution in [0.5, 0.6) is 0 Å². The van der Waals surface area contributed by atoms with Gasteiger partial charge in [0.05, 0.1) is 5.56 Å². The highest BCUT2D eigenvalue weighted by Crippen LogP contribution is 2.27. The molecule has 0 aliphatic rings. The fourth-order valence-electron chi connectivity index (χ4n) is 2.24. The van der Waals surface area contributed by atoms with Gasteiger partial charge in [-0.3, -0.25) is 9.78 Å². The average molecular weight is 264 g/mol. The molecule has 5 nitrogen and oxygen atoms in total. The first-order valence-electron chi connectivity index (χ1n) is 6.13. The second kappa shape index (κ2) is 4.70. The Hall–Kier alpha value is -2.82. The summed E-state index contributed by atoms with van der Waals surface area (Å²) >= 11 is 0. The summed E-state index contributed by atoms with van der Waals surface area (Å²) in [5.74, 6) is -0.475. The number of nitrogens with zero attached hydrogens (tertiary/aromatic N) is 3. The summed E-state index contributed by atoms with van der Waals surface area (Å²) in [5.41, 5.74) is 8.82. The van der Waals surface area contributed by atoms with Gasteiger partial charge in [0.15, 0.2) is 5.65 Å².